The fraction of sp³-hybridized carbons (Fsp3) is 0.632. The van der Waals surface area contributed by atoms with Crippen molar-refractivity contribution in [3.63, 3.8) is 0 Å². The van der Waals surface area contributed by atoms with E-state index < -0.39 is 0 Å². The lowest BCUT2D eigenvalue weighted by atomic mass is 9.95. The maximum Gasteiger partial charge on any atom is 0.244 e. The van der Waals surface area contributed by atoms with Crippen LogP contribution in [0.2, 0.25) is 5.15 Å². The van der Waals surface area contributed by atoms with Crippen molar-refractivity contribution in [2.75, 3.05) is 6.54 Å². The van der Waals surface area contributed by atoms with Gasteiger partial charge in [0.15, 0.2) is 0 Å². The molecule has 1 heterocycles. The number of aryl methyl sites for hydroxylation is 1. The van der Waals surface area contributed by atoms with E-state index in [1.54, 1.807) is 10.8 Å². The van der Waals surface area contributed by atoms with Crippen molar-refractivity contribution in [2.45, 2.75) is 65.5 Å². The predicted octanol–water partition coefficient (Wildman–Crippen LogP) is 3.08. The van der Waals surface area contributed by atoms with Crippen molar-refractivity contribution in [3.8, 4) is 0 Å². The van der Waals surface area contributed by atoms with Crippen LogP contribution in [0.4, 0.5) is 0 Å². The number of aromatic nitrogens is 2. The smallest absolute Gasteiger partial charge is 0.244 e. The number of nitrogens with one attached hydrogen (secondary N) is 2. The van der Waals surface area contributed by atoms with Crippen molar-refractivity contribution >= 4 is 29.5 Å². The van der Waals surface area contributed by atoms with Crippen LogP contribution in [0.1, 0.15) is 57.2 Å². The molecule has 1 fully saturated rings. The molecular weight excluding hydrogens is 352 g/mol. The lowest BCUT2D eigenvalue weighted by molar-refractivity contribution is -0.124. The molecular formula is C19H29ClN4O2. The second kappa shape index (κ2) is 9.76. The molecule has 0 unspecified atom stereocenters. The van der Waals surface area contributed by atoms with Crippen LogP contribution in [0.15, 0.2) is 6.08 Å². The highest BCUT2D eigenvalue weighted by Gasteiger charge is 2.16. The summed E-state index contributed by atoms with van der Waals surface area (Å²) in [4.78, 5) is 23.9. The highest BCUT2D eigenvalue weighted by molar-refractivity contribution is 6.31. The first-order valence-electron chi connectivity index (χ1n) is 9.35. The average Bonchev–Trinajstić information content (AvgIpc) is 2.85. The van der Waals surface area contributed by atoms with Crippen LogP contribution in [0.25, 0.3) is 6.08 Å². The molecule has 6 nitrogen and oxygen atoms in total. The highest BCUT2D eigenvalue weighted by atomic mass is 35.5. The van der Waals surface area contributed by atoms with Crippen molar-refractivity contribution in [1.29, 1.82) is 0 Å². The third kappa shape index (κ3) is 6.16. The third-order valence-corrected chi connectivity index (χ3v) is 4.84. The molecule has 144 valence electrons. The fourth-order valence-corrected chi connectivity index (χ4v) is 3.44. The highest BCUT2D eigenvalue weighted by Crippen LogP contribution is 2.22. The van der Waals surface area contributed by atoms with Crippen molar-refractivity contribution < 1.29 is 9.59 Å². The first kappa shape index (κ1) is 20.5. The minimum absolute atomic E-state index is 0.0149. The Kier molecular flexibility index (Phi) is 7.69. The Morgan fingerprint density at radius 3 is 2.65 bits per heavy atom. The van der Waals surface area contributed by atoms with Crippen LogP contribution in [-0.2, 0) is 16.1 Å². The summed E-state index contributed by atoms with van der Waals surface area (Å²) in [6.45, 7) is 6.75. The van der Waals surface area contributed by atoms with Crippen LogP contribution >= 0.6 is 11.6 Å². The first-order chi connectivity index (χ1) is 12.4. The lowest BCUT2D eigenvalue weighted by Crippen LogP contribution is -2.42. The van der Waals surface area contributed by atoms with Gasteiger partial charge in [0.2, 0.25) is 11.8 Å². The molecule has 2 N–H and O–H groups in total. The number of carbonyl (C=O) groups excluding carboxylic acids is 2. The Hall–Kier alpha value is -1.82. The minimum atomic E-state index is -0.323. The molecule has 2 amide bonds. The summed E-state index contributed by atoms with van der Waals surface area (Å²) in [6.07, 6.45) is 8.65. The number of nitrogens with zero attached hydrogens (tertiary/aromatic N) is 2. The SMILES string of the molecule is Cc1nn(CC(C)C)c(Cl)c1/C=C/C(=O)NCC(=O)NC1CCCCC1. The van der Waals surface area contributed by atoms with E-state index >= 15 is 0 Å². The van der Waals surface area contributed by atoms with Crippen LogP contribution in [0.3, 0.4) is 0 Å². The van der Waals surface area contributed by atoms with Crippen molar-refractivity contribution in [3.05, 3.63) is 22.5 Å². The van der Waals surface area contributed by atoms with E-state index in [1.165, 1.54) is 12.5 Å². The van der Waals surface area contributed by atoms with E-state index in [1.807, 2.05) is 6.92 Å². The van der Waals surface area contributed by atoms with Gasteiger partial charge in [-0.1, -0.05) is 44.7 Å². The van der Waals surface area contributed by atoms with Gasteiger partial charge in [0.1, 0.15) is 5.15 Å². The zero-order valence-corrected chi connectivity index (χ0v) is 16.6. The normalized spacial score (nSPS) is 15.6. The molecule has 1 saturated carbocycles. The van der Waals surface area contributed by atoms with Gasteiger partial charge >= 0.3 is 0 Å². The van der Waals surface area contributed by atoms with Crippen LogP contribution < -0.4 is 10.6 Å². The third-order valence-electron chi connectivity index (χ3n) is 4.44. The molecule has 1 aromatic heterocycles. The number of hydrogen-bond acceptors (Lipinski definition) is 3. The molecule has 26 heavy (non-hydrogen) atoms. The monoisotopic (exact) mass is 380 g/mol. The topological polar surface area (TPSA) is 76.0 Å². The van der Waals surface area contributed by atoms with Gasteiger partial charge in [0.25, 0.3) is 0 Å². The van der Waals surface area contributed by atoms with Crippen LogP contribution in [0, 0.1) is 12.8 Å². The quantitative estimate of drug-likeness (QED) is 0.713. The predicted molar refractivity (Wildman–Crippen MR) is 104 cm³/mol. The Morgan fingerprint density at radius 1 is 1.31 bits per heavy atom. The van der Waals surface area contributed by atoms with E-state index in [0.717, 1.165) is 43.5 Å². The molecule has 1 aromatic rings. The number of carbonyl (C=O) groups is 2. The Balaban J connectivity index is 1.83. The maximum absolute atomic E-state index is 12.0. The molecule has 0 radical (unpaired) electrons. The Bertz CT molecular complexity index is 661. The van der Waals surface area contributed by atoms with Gasteiger partial charge in [-0.2, -0.15) is 5.10 Å². The summed E-state index contributed by atoms with van der Waals surface area (Å²) in [7, 11) is 0. The number of rotatable bonds is 7. The molecule has 0 saturated heterocycles. The molecule has 1 aliphatic rings. The summed E-state index contributed by atoms with van der Waals surface area (Å²) in [5.41, 5.74) is 1.50. The summed E-state index contributed by atoms with van der Waals surface area (Å²) < 4.78 is 1.75. The van der Waals surface area contributed by atoms with Crippen LogP contribution in [-0.4, -0.2) is 34.2 Å². The van der Waals surface area contributed by atoms with Crippen molar-refractivity contribution in [1.82, 2.24) is 20.4 Å². The van der Waals surface area contributed by atoms with E-state index in [2.05, 4.69) is 29.6 Å². The molecule has 0 spiro atoms. The van der Waals surface area contributed by atoms with E-state index in [0.29, 0.717) is 11.1 Å². The van der Waals surface area contributed by atoms with E-state index in [-0.39, 0.29) is 24.4 Å². The fourth-order valence-electron chi connectivity index (χ4n) is 3.13. The molecule has 0 aromatic carbocycles. The molecule has 2 rings (SSSR count). The lowest BCUT2D eigenvalue weighted by Gasteiger charge is -2.22. The maximum atomic E-state index is 12.0. The first-order valence-corrected chi connectivity index (χ1v) is 9.72. The van der Waals surface area contributed by atoms with Gasteiger partial charge in [-0.25, -0.2) is 0 Å². The summed E-state index contributed by atoms with van der Waals surface area (Å²) >= 11 is 6.35. The molecule has 7 heteroatoms. The summed E-state index contributed by atoms with van der Waals surface area (Å²) in [5.74, 6) is -0.0388. The van der Waals surface area contributed by atoms with Gasteiger partial charge < -0.3 is 10.6 Å². The molecule has 0 bridgehead atoms. The summed E-state index contributed by atoms with van der Waals surface area (Å²) in [6, 6.07) is 0.247. The van der Waals surface area contributed by atoms with Crippen LogP contribution in [0.5, 0.6) is 0 Å². The largest absolute Gasteiger partial charge is 0.352 e. The van der Waals surface area contributed by atoms with Gasteiger partial charge in [0, 0.05) is 24.2 Å². The van der Waals surface area contributed by atoms with Gasteiger partial charge in [-0.15, -0.1) is 0 Å². The number of amides is 2. The average molecular weight is 381 g/mol. The Morgan fingerprint density at radius 2 is 2.00 bits per heavy atom. The zero-order valence-electron chi connectivity index (χ0n) is 15.8. The number of hydrogen-bond donors (Lipinski definition) is 2. The minimum Gasteiger partial charge on any atom is -0.352 e. The second-order valence-electron chi connectivity index (χ2n) is 7.32. The van der Waals surface area contributed by atoms with E-state index in [4.69, 9.17) is 11.6 Å². The number of halogens is 1. The van der Waals surface area contributed by atoms with Gasteiger partial charge in [-0.3, -0.25) is 14.3 Å². The Labute approximate surface area is 160 Å². The van der Waals surface area contributed by atoms with Gasteiger partial charge in [-0.05, 0) is 31.8 Å². The zero-order chi connectivity index (χ0) is 19.1. The standard InChI is InChI=1S/C19H29ClN4O2/c1-13(2)12-24-19(20)16(14(3)23-24)9-10-17(25)21-11-18(26)22-15-7-5-4-6-8-15/h9-10,13,15H,4-8,11-12H2,1-3H3,(H,21,25)(H,22,26)/b10-9+. The summed E-state index contributed by atoms with van der Waals surface area (Å²) in [5, 5.41) is 10.5. The molecule has 0 aliphatic heterocycles. The second-order valence-corrected chi connectivity index (χ2v) is 7.68. The van der Waals surface area contributed by atoms with E-state index in [9.17, 15) is 9.59 Å². The molecule has 1 aliphatic carbocycles. The van der Waals surface area contributed by atoms with Crippen molar-refractivity contribution in [2.24, 2.45) is 5.92 Å². The van der Waals surface area contributed by atoms with Gasteiger partial charge in [0.05, 0.1) is 12.2 Å². The molecule has 0 atom stereocenters.